The highest BCUT2D eigenvalue weighted by Crippen LogP contribution is 2.39. The summed E-state index contributed by atoms with van der Waals surface area (Å²) in [4.78, 5) is 19.7. The van der Waals surface area contributed by atoms with Crippen molar-refractivity contribution in [1.29, 1.82) is 0 Å². The monoisotopic (exact) mass is 467 g/mol. The highest BCUT2D eigenvalue weighted by Gasteiger charge is 2.35. The lowest BCUT2D eigenvalue weighted by atomic mass is 9.86. The second kappa shape index (κ2) is 11.4. The number of hydrogen-bond donors (Lipinski definition) is 0. The van der Waals surface area contributed by atoms with Crippen LogP contribution in [-0.4, -0.2) is 68.0 Å². The molecule has 2 atom stereocenters. The summed E-state index contributed by atoms with van der Waals surface area (Å²) in [7, 11) is 5.65. The fourth-order valence-corrected chi connectivity index (χ4v) is 5.07. The van der Waals surface area contributed by atoms with Crippen molar-refractivity contribution in [2.24, 2.45) is 0 Å². The average molecular weight is 468 g/mol. The van der Waals surface area contributed by atoms with Crippen LogP contribution in [0.1, 0.15) is 71.9 Å². The fourth-order valence-electron chi connectivity index (χ4n) is 5.07. The van der Waals surface area contributed by atoms with Gasteiger partial charge in [-0.25, -0.2) is 0 Å². The average Bonchev–Trinajstić information content (AvgIpc) is 2.85. The molecule has 2 aromatic rings. The predicted octanol–water partition coefficient (Wildman–Crippen LogP) is 4.93. The standard InChI is InChI=1S/C18H28N2O.C10H13NO2/c1-13-14(2)18(21-4)9-8-16(13)17-7-5-6-15-12-19(3)10-11-20(15)17;1-10(2,13-3)9-5-4-8(7-12)6-11-9/h8-9,15,17H,5-7,10-12H2,1-4H3;4-7H,1-3H3. The van der Waals surface area contributed by atoms with Gasteiger partial charge in [-0.1, -0.05) is 6.07 Å². The molecule has 4 rings (SSSR count). The molecule has 6 heteroatoms. The van der Waals surface area contributed by atoms with Gasteiger partial charge in [-0.05, 0) is 88.9 Å². The Kier molecular flexibility index (Phi) is 8.85. The predicted molar refractivity (Wildman–Crippen MR) is 137 cm³/mol. The number of benzene rings is 1. The van der Waals surface area contributed by atoms with E-state index in [2.05, 4.69) is 47.8 Å². The van der Waals surface area contributed by atoms with Crippen LogP contribution in [0.25, 0.3) is 0 Å². The van der Waals surface area contributed by atoms with E-state index in [0.29, 0.717) is 11.6 Å². The van der Waals surface area contributed by atoms with Crippen LogP contribution in [0.5, 0.6) is 5.75 Å². The van der Waals surface area contributed by atoms with Crippen LogP contribution in [-0.2, 0) is 10.3 Å². The molecule has 186 valence electrons. The molecule has 1 aromatic heterocycles. The summed E-state index contributed by atoms with van der Waals surface area (Å²) in [5.74, 6) is 1.02. The molecule has 3 heterocycles. The van der Waals surface area contributed by atoms with Gasteiger partial charge < -0.3 is 14.4 Å². The molecule has 1 aromatic carbocycles. The number of piperidine rings is 1. The Bertz CT molecular complexity index is 958. The Hall–Kier alpha value is -2.28. The number of aldehydes is 1. The highest BCUT2D eigenvalue weighted by atomic mass is 16.5. The number of carbonyl (C=O) groups is 1. The number of aromatic nitrogens is 1. The van der Waals surface area contributed by atoms with Crippen LogP contribution >= 0.6 is 0 Å². The van der Waals surface area contributed by atoms with Gasteiger partial charge in [-0.15, -0.1) is 0 Å². The van der Waals surface area contributed by atoms with E-state index in [1.165, 1.54) is 55.6 Å². The minimum atomic E-state index is -0.401. The van der Waals surface area contributed by atoms with E-state index < -0.39 is 5.60 Å². The van der Waals surface area contributed by atoms with Crippen LogP contribution in [0.3, 0.4) is 0 Å². The SMILES string of the molecule is COC(C)(C)c1ccc(C=O)cn1.COc1ccc(C2CCCC3CN(C)CCN32)c(C)c1C. The van der Waals surface area contributed by atoms with E-state index >= 15 is 0 Å². The van der Waals surface area contributed by atoms with Gasteiger partial charge >= 0.3 is 0 Å². The lowest BCUT2D eigenvalue weighted by Gasteiger charge is -2.48. The van der Waals surface area contributed by atoms with Crippen LogP contribution in [0.2, 0.25) is 0 Å². The van der Waals surface area contributed by atoms with Crippen LogP contribution in [0.15, 0.2) is 30.5 Å². The van der Waals surface area contributed by atoms with Gasteiger partial charge in [0.1, 0.15) is 11.4 Å². The van der Waals surface area contributed by atoms with E-state index in [1.54, 1.807) is 32.5 Å². The molecule has 0 N–H and O–H groups in total. The molecule has 6 nitrogen and oxygen atoms in total. The zero-order chi connectivity index (χ0) is 24.9. The molecule has 0 amide bonds. The van der Waals surface area contributed by atoms with Crippen molar-refractivity contribution >= 4 is 6.29 Å². The fraction of sp³-hybridized carbons (Fsp3) is 0.571. The lowest BCUT2D eigenvalue weighted by molar-refractivity contribution is 0.0155. The number of likely N-dealkylation sites (N-methyl/N-ethyl adjacent to an activating group) is 1. The molecule has 34 heavy (non-hydrogen) atoms. The van der Waals surface area contributed by atoms with Crippen molar-refractivity contribution in [1.82, 2.24) is 14.8 Å². The summed E-state index contributed by atoms with van der Waals surface area (Å²) in [5.41, 5.74) is 5.23. The summed E-state index contributed by atoms with van der Waals surface area (Å²) in [6, 6.07) is 9.32. The Balaban J connectivity index is 0.000000215. The van der Waals surface area contributed by atoms with Crippen molar-refractivity contribution in [3.8, 4) is 5.75 Å². The molecule has 0 spiro atoms. The number of hydrogen-bond acceptors (Lipinski definition) is 6. The Morgan fingerprint density at radius 1 is 1.06 bits per heavy atom. The second-order valence-electron chi connectivity index (χ2n) is 10.0. The number of rotatable bonds is 5. The number of methoxy groups -OCH3 is 2. The zero-order valence-corrected chi connectivity index (χ0v) is 21.9. The molecule has 0 bridgehead atoms. The number of piperazine rings is 1. The largest absolute Gasteiger partial charge is 0.496 e. The molecule has 0 radical (unpaired) electrons. The van der Waals surface area contributed by atoms with Crippen LogP contribution < -0.4 is 4.74 Å². The molecular weight excluding hydrogens is 426 g/mol. The third-order valence-corrected chi connectivity index (χ3v) is 7.55. The first-order valence-electron chi connectivity index (χ1n) is 12.3. The Morgan fingerprint density at radius 2 is 1.82 bits per heavy atom. The van der Waals surface area contributed by atoms with Crippen molar-refractivity contribution in [2.75, 3.05) is 40.9 Å². The van der Waals surface area contributed by atoms with Crippen molar-refractivity contribution in [2.45, 2.75) is 64.6 Å². The molecule has 2 unspecified atom stereocenters. The number of ether oxygens (including phenoxy) is 2. The molecule has 0 saturated carbocycles. The molecule has 0 aliphatic carbocycles. The summed E-state index contributed by atoms with van der Waals surface area (Å²) < 4.78 is 10.7. The minimum absolute atomic E-state index is 0.401. The number of carbonyl (C=O) groups excluding carboxylic acids is 1. The van der Waals surface area contributed by atoms with Crippen molar-refractivity contribution < 1.29 is 14.3 Å². The smallest absolute Gasteiger partial charge is 0.151 e. The van der Waals surface area contributed by atoms with Gasteiger partial charge in [0.25, 0.3) is 0 Å². The van der Waals surface area contributed by atoms with Gasteiger partial charge in [0.05, 0.1) is 12.8 Å². The van der Waals surface area contributed by atoms with Crippen LogP contribution in [0.4, 0.5) is 0 Å². The Labute approximate surface area is 205 Å². The second-order valence-corrected chi connectivity index (χ2v) is 10.0. The molecule has 2 fully saturated rings. The number of fused-ring (bicyclic) bond motifs is 1. The normalized spacial score (nSPS) is 21.3. The van der Waals surface area contributed by atoms with Crippen molar-refractivity contribution in [3.05, 3.63) is 58.4 Å². The van der Waals surface area contributed by atoms with Gasteiger partial charge in [0, 0.05) is 50.6 Å². The first-order valence-corrected chi connectivity index (χ1v) is 12.3. The van der Waals surface area contributed by atoms with Gasteiger partial charge in [0.2, 0.25) is 0 Å². The maximum Gasteiger partial charge on any atom is 0.151 e. The van der Waals surface area contributed by atoms with E-state index in [4.69, 9.17) is 9.47 Å². The first kappa shape index (κ1) is 26.3. The van der Waals surface area contributed by atoms with E-state index in [0.717, 1.165) is 23.8 Å². The number of nitrogens with zero attached hydrogens (tertiary/aromatic N) is 3. The molecule has 2 aliphatic heterocycles. The molecular formula is C28H41N3O3. The van der Waals surface area contributed by atoms with Gasteiger partial charge in [0.15, 0.2) is 6.29 Å². The third-order valence-electron chi connectivity index (χ3n) is 7.55. The number of pyridine rings is 1. The van der Waals surface area contributed by atoms with Crippen molar-refractivity contribution in [3.63, 3.8) is 0 Å². The zero-order valence-electron chi connectivity index (χ0n) is 21.9. The van der Waals surface area contributed by atoms with E-state index in [1.807, 2.05) is 13.8 Å². The minimum Gasteiger partial charge on any atom is -0.496 e. The van der Waals surface area contributed by atoms with Gasteiger partial charge in [-0.2, -0.15) is 0 Å². The summed E-state index contributed by atoms with van der Waals surface area (Å²) in [5, 5.41) is 0. The third kappa shape index (κ3) is 5.85. The quantitative estimate of drug-likeness (QED) is 0.581. The first-order chi connectivity index (χ1) is 16.2. The Morgan fingerprint density at radius 3 is 2.44 bits per heavy atom. The van der Waals surface area contributed by atoms with E-state index in [-0.39, 0.29) is 0 Å². The summed E-state index contributed by atoms with van der Waals surface area (Å²) in [6.45, 7) is 11.9. The van der Waals surface area contributed by atoms with Crippen LogP contribution in [0, 0.1) is 13.8 Å². The summed E-state index contributed by atoms with van der Waals surface area (Å²) in [6.07, 6.45) is 6.33. The molecule has 2 saturated heterocycles. The lowest BCUT2D eigenvalue weighted by Crippen LogP contribution is -2.54. The molecule has 2 aliphatic rings. The summed E-state index contributed by atoms with van der Waals surface area (Å²) >= 11 is 0. The maximum atomic E-state index is 10.4. The maximum absolute atomic E-state index is 10.4. The van der Waals surface area contributed by atoms with Gasteiger partial charge in [-0.3, -0.25) is 14.7 Å². The van der Waals surface area contributed by atoms with E-state index in [9.17, 15) is 4.79 Å². The topological polar surface area (TPSA) is 54.9 Å². The highest BCUT2D eigenvalue weighted by molar-refractivity contribution is 5.73.